The van der Waals surface area contributed by atoms with Crippen LogP contribution in [0.1, 0.15) is 11.1 Å². The molecule has 0 atom stereocenters. The Morgan fingerprint density at radius 1 is 1.18 bits per heavy atom. The third-order valence-electron chi connectivity index (χ3n) is 2.72. The standard InChI is InChI=1S/C14H17N3/c1-11-5-7-12(8-6-11)10-17(2)14-13(15)4-3-9-16-14/h3-9H,10,15H2,1-2H3. The summed E-state index contributed by atoms with van der Waals surface area (Å²) in [6.45, 7) is 2.89. The molecule has 0 saturated heterocycles. The molecule has 0 bridgehead atoms. The molecule has 0 aliphatic carbocycles. The smallest absolute Gasteiger partial charge is 0.151 e. The molecular weight excluding hydrogens is 210 g/mol. The van der Waals surface area contributed by atoms with Crippen LogP contribution in [0.4, 0.5) is 11.5 Å². The van der Waals surface area contributed by atoms with Gasteiger partial charge in [-0.2, -0.15) is 0 Å². The van der Waals surface area contributed by atoms with Crippen molar-refractivity contribution in [2.75, 3.05) is 17.7 Å². The molecule has 0 spiro atoms. The van der Waals surface area contributed by atoms with Crippen molar-refractivity contribution in [2.45, 2.75) is 13.5 Å². The van der Waals surface area contributed by atoms with E-state index in [2.05, 4.69) is 41.1 Å². The molecule has 0 aliphatic rings. The van der Waals surface area contributed by atoms with E-state index in [-0.39, 0.29) is 0 Å². The van der Waals surface area contributed by atoms with Gasteiger partial charge >= 0.3 is 0 Å². The van der Waals surface area contributed by atoms with Gasteiger partial charge in [-0.1, -0.05) is 29.8 Å². The molecule has 3 nitrogen and oxygen atoms in total. The van der Waals surface area contributed by atoms with E-state index in [1.54, 1.807) is 6.20 Å². The van der Waals surface area contributed by atoms with Crippen molar-refractivity contribution in [3.05, 3.63) is 53.7 Å². The number of rotatable bonds is 3. The van der Waals surface area contributed by atoms with E-state index in [9.17, 15) is 0 Å². The predicted molar refractivity (Wildman–Crippen MR) is 71.9 cm³/mol. The lowest BCUT2D eigenvalue weighted by molar-refractivity contribution is 0.899. The zero-order valence-corrected chi connectivity index (χ0v) is 10.2. The molecule has 0 amide bonds. The molecule has 0 aliphatic heterocycles. The summed E-state index contributed by atoms with van der Waals surface area (Å²) in [6, 6.07) is 12.2. The zero-order valence-electron chi connectivity index (χ0n) is 10.2. The SMILES string of the molecule is Cc1ccc(CN(C)c2ncccc2N)cc1. The minimum atomic E-state index is 0.710. The molecule has 0 radical (unpaired) electrons. The zero-order chi connectivity index (χ0) is 12.3. The number of hydrogen-bond donors (Lipinski definition) is 1. The predicted octanol–water partition coefficient (Wildman–Crippen LogP) is 2.61. The van der Waals surface area contributed by atoms with E-state index >= 15 is 0 Å². The largest absolute Gasteiger partial charge is 0.396 e. The second-order valence-corrected chi connectivity index (χ2v) is 4.26. The lowest BCUT2D eigenvalue weighted by Crippen LogP contribution is -2.18. The second-order valence-electron chi connectivity index (χ2n) is 4.26. The molecule has 1 heterocycles. The monoisotopic (exact) mass is 227 g/mol. The van der Waals surface area contributed by atoms with Crippen LogP contribution in [-0.4, -0.2) is 12.0 Å². The minimum absolute atomic E-state index is 0.710. The number of anilines is 2. The number of aromatic nitrogens is 1. The maximum Gasteiger partial charge on any atom is 0.151 e. The van der Waals surface area contributed by atoms with Gasteiger partial charge in [-0.3, -0.25) is 0 Å². The second kappa shape index (κ2) is 4.87. The van der Waals surface area contributed by atoms with Gasteiger partial charge in [0.2, 0.25) is 0 Å². The minimum Gasteiger partial charge on any atom is -0.396 e. The molecule has 2 rings (SSSR count). The lowest BCUT2D eigenvalue weighted by Gasteiger charge is -2.19. The van der Waals surface area contributed by atoms with E-state index < -0.39 is 0 Å². The third-order valence-corrected chi connectivity index (χ3v) is 2.72. The molecule has 3 heteroatoms. The molecule has 1 aromatic carbocycles. The normalized spacial score (nSPS) is 10.2. The Bertz CT molecular complexity index is 491. The number of nitrogen functional groups attached to an aromatic ring is 1. The Morgan fingerprint density at radius 3 is 2.53 bits per heavy atom. The number of aryl methyl sites for hydroxylation is 1. The summed E-state index contributed by atoms with van der Waals surface area (Å²) in [5.74, 6) is 0.827. The highest BCUT2D eigenvalue weighted by Crippen LogP contribution is 2.19. The fourth-order valence-electron chi connectivity index (χ4n) is 1.77. The van der Waals surface area contributed by atoms with Crippen LogP contribution in [0, 0.1) is 6.92 Å². The summed E-state index contributed by atoms with van der Waals surface area (Å²) >= 11 is 0. The van der Waals surface area contributed by atoms with Crippen LogP contribution in [-0.2, 0) is 6.54 Å². The van der Waals surface area contributed by atoms with Crippen LogP contribution < -0.4 is 10.6 Å². The number of hydrogen-bond acceptors (Lipinski definition) is 3. The number of nitrogens with two attached hydrogens (primary N) is 1. The Hall–Kier alpha value is -2.03. The van der Waals surface area contributed by atoms with Crippen LogP contribution in [0.5, 0.6) is 0 Å². The Morgan fingerprint density at radius 2 is 1.88 bits per heavy atom. The van der Waals surface area contributed by atoms with Gasteiger partial charge in [-0.25, -0.2) is 4.98 Å². The molecule has 0 saturated carbocycles. The lowest BCUT2D eigenvalue weighted by atomic mass is 10.1. The highest BCUT2D eigenvalue weighted by molar-refractivity contribution is 5.61. The van der Waals surface area contributed by atoms with Gasteiger partial charge in [0.25, 0.3) is 0 Å². The maximum atomic E-state index is 5.90. The van der Waals surface area contributed by atoms with Crippen molar-refractivity contribution < 1.29 is 0 Å². The van der Waals surface area contributed by atoms with Crippen LogP contribution in [0.2, 0.25) is 0 Å². The van der Waals surface area contributed by atoms with Gasteiger partial charge in [0.05, 0.1) is 5.69 Å². The van der Waals surface area contributed by atoms with Crippen molar-refractivity contribution >= 4 is 11.5 Å². The Labute approximate surface area is 102 Å². The van der Waals surface area contributed by atoms with E-state index in [1.807, 2.05) is 19.2 Å². The topological polar surface area (TPSA) is 42.2 Å². The maximum absolute atomic E-state index is 5.90. The highest BCUT2D eigenvalue weighted by atomic mass is 15.2. The van der Waals surface area contributed by atoms with Gasteiger partial charge in [0.1, 0.15) is 0 Å². The van der Waals surface area contributed by atoms with Crippen molar-refractivity contribution in [3.63, 3.8) is 0 Å². The van der Waals surface area contributed by atoms with E-state index in [0.29, 0.717) is 5.69 Å². The summed E-state index contributed by atoms with van der Waals surface area (Å²) in [6.07, 6.45) is 1.76. The molecule has 0 unspecified atom stereocenters. The first-order valence-corrected chi connectivity index (χ1v) is 5.64. The van der Waals surface area contributed by atoms with Gasteiger partial charge in [-0.05, 0) is 24.6 Å². The third kappa shape index (κ3) is 2.75. The fourth-order valence-corrected chi connectivity index (χ4v) is 1.77. The highest BCUT2D eigenvalue weighted by Gasteiger charge is 2.06. The van der Waals surface area contributed by atoms with Crippen LogP contribution in [0.15, 0.2) is 42.6 Å². The number of pyridine rings is 1. The number of benzene rings is 1. The first-order valence-electron chi connectivity index (χ1n) is 5.64. The van der Waals surface area contributed by atoms with E-state index in [0.717, 1.165) is 12.4 Å². The van der Waals surface area contributed by atoms with E-state index in [4.69, 9.17) is 5.73 Å². The van der Waals surface area contributed by atoms with Crippen molar-refractivity contribution in [1.29, 1.82) is 0 Å². The fraction of sp³-hybridized carbons (Fsp3) is 0.214. The summed E-state index contributed by atoms with van der Waals surface area (Å²) in [5.41, 5.74) is 9.13. The quantitative estimate of drug-likeness (QED) is 0.876. The number of nitrogens with zero attached hydrogens (tertiary/aromatic N) is 2. The molecule has 2 aromatic rings. The first kappa shape index (κ1) is 11.5. The van der Waals surface area contributed by atoms with Gasteiger partial charge in [-0.15, -0.1) is 0 Å². The van der Waals surface area contributed by atoms with E-state index in [1.165, 1.54) is 11.1 Å². The molecule has 0 fully saturated rings. The molecule has 1 aromatic heterocycles. The summed E-state index contributed by atoms with van der Waals surface area (Å²) in [7, 11) is 2.00. The summed E-state index contributed by atoms with van der Waals surface area (Å²) in [4.78, 5) is 6.35. The van der Waals surface area contributed by atoms with Crippen LogP contribution in [0.25, 0.3) is 0 Å². The first-order chi connectivity index (χ1) is 8.16. The molecule has 88 valence electrons. The summed E-state index contributed by atoms with van der Waals surface area (Å²) in [5, 5.41) is 0. The summed E-state index contributed by atoms with van der Waals surface area (Å²) < 4.78 is 0. The van der Waals surface area contributed by atoms with Crippen molar-refractivity contribution in [2.24, 2.45) is 0 Å². The van der Waals surface area contributed by atoms with Gasteiger partial charge in [0, 0.05) is 19.8 Å². The van der Waals surface area contributed by atoms with Crippen LogP contribution >= 0.6 is 0 Å². The average Bonchev–Trinajstić information content (AvgIpc) is 2.32. The molecule has 17 heavy (non-hydrogen) atoms. The van der Waals surface area contributed by atoms with Gasteiger partial charge < -0.3 is 10.6 Å². The van der Waals surface area contributed by atoms with Crippen molar-refractivity contribution in [3.8, 4) is 0 Å². The van der Waals surface area contributed by atoms with Crippen molar-refractivity contribution in [1.82, 2.24) is 4.98 Å². The average molecular weight is 227 g/mol. The van der Waals surface area contributed by atoms with Crippen LogP contribution in [0.3, 0.4) is 0 Å². The Kier molecular flexibility index (Phi) is 3.28. The van der Waals surface area contributed by atoms with Gasteiger partial charge in [0.15, 0.2) is 5.82 Å². The molecule has 2 N–H and O–H groups in total. The molecular formula is C14H17N3. The Balaban J connectivity index is 2.14.